The van der Waals surface area contributed by atoms with Crippen molar-refractivity contribution in [1.82, 2.24) is 14.9 Å². The third kappa shape index (κ3) is 5.54. The summed E-state index contributed by atoms with van der Waals surface area (Å²) in [4.78, 5) is 17.2. The number of thioether (sulfide) groups is 1. The first-order chi connectivity index (χ1) is 14.8. The van der Waals surface area contributed by atoms with Gasteiger partial charge in [0.05, 0.1) is 16.8 Å². The Kier molecular flexibility index (Phi) is 7.25. The van der Waals surface area contributed by atoms with Gasteiger partial charge < -0.3 is 9.88 Å². The van der Waals surface area contributed by atoms with Crippen LogP contribution in [0.2, 0.25) is 0 Å². The van der Waals surface area contributed by atoms with Crippen molar-refractivity contribution in [3.63, 3.8) is 0 Å². The summed E-state index contributed by atoms with van der Waals surface area (Å²) >= 11 is 1.53. The number of carbonyl (C=O) groups excluding carboxylic acids is 1. The van der Waals surface area contributed by atoms with Crippen LogP contribution >= 0.6 is 11.8 Å². The molecule has 4 nitrogen and oxygen atoms in total. The van der Waals surface area contributed by atoms with E-state index >= 15 is 0 Å². The molecule has 0 saturated heterocycles. The number of hydrogen-bond acceptors (Lipinski definition) is 3. The highest BCUT2D eigenvalue weighted by Gasteiger charge is 2.13. The van der Waals surface area contributed by atoms with E-state index in [1.165, 1.54) is 48.6 Å². The lowest BCUT2D eigenvalue weighted by atomic mass is 9.97. The second kappa shape index (κ2) is 10.5. The average molecular weight is 420 g/mol. The quantitative estimate of drug-likeness (QED) is 0.374. The Morgan fingerprint density at radius 1 is 1.03 bits per heavy atom. The van der Waals surface area contributed by atoms with Crippen LogP contribution in [0.5, 0.6) is 0 Å². The molecule has 0 aliphatic heterocycles. The van der Waals surface area contributed by atoms with Gasteiger partial charge in [0.15, 0.2) is 5.16 Å². The normalized spacial score (nSPS) is 13.9. The largest absolute Gasteiger partial charge is 0.355 e. The maximum Gasteiger partial charge on any atom is 0.230 e. The molecule has 0 fully saturated rings. The molecule has 30 heavy (non-hydrogen) atoms. The zero-order chi connectivity index (χ0) is 20.6. The average Bonchev–Trinajstić information content (AvgIpc) is 3.15. The third-order valence-electron chi connectivity index (χ3n) is 5.57. The molecule has 1 aliphatic carbocycles. The van der Waals surface area contributed by atoms with Gasteiger partial charge in [-0.25, -0.2) is 4.98 Å². The molecule has 0 unspecified atom stereocenters. The first-order valence-electron chi connectivity index (χ1n) is 10.9. The van der Waals surface area contributed by atoms with Gasteiger partial charge in [-0.15, -0.1) is 0 Å². The van der Waals surface area contributed by atoms with Crippen molar-refractivity contribution in [2.75, 3.05) is 12.3 Å². The lowest BCUT2D eigenvalue weighted by molar-refractivity contribution is -0.118. The summed E-state index contributed by atoms with van der Waals surface area (Å²) in [6, 6.07) is 18.7. The van der Waals surface area contributed by atoms with Crippen LogP contribution in [0.15, 0.2) is 71.4 Å². The van der Waals surface area contributed by atoms with Gasteiger partial charge in [-0.05, 0) is 56.2 Å². The Hall–Kier alpha value is -2.53. The number of aryl methyl sites for hydroxylation is 2. The summed E-state index contributed by atoms with van der Waals surface area (Å²) in [7, 11) is 0. The predicted molar refractivity (Wildman–Crippen MR) is 125 cm³/mol. The maximum absolute atomic E-state index is 12.4. The third-order valence-corrected chi connectivity index (χ3v) is 6.55. The molecule has 0 bridgehead atoms. The molecule has 2 aromatic carbocycles. The fourth-order valence-electron chi connectivity index (χ4n) is 3.94. The van der Waals surface area contributed by atoms with Crippen molar-refractivity contribution in [2.24, 2.45) is 0 Å². The molecular formula is C25H29N3OS. The number of rotatable bonds is 9. The molecule has 1 aliphatic rings. The zero-order valence-electron chi connectivity index (χ0n) is 17.3. The summed E-state index contributed by atoms with van der Waals surface area (Å²) < 4.78 is 2.24. The van der Waals surface area contributed by atoms with E-state index in [-0.39, 0.29) is 5.91 Å². The first kappa shape index (κ1) is 20.7. The van der Waals surface area contributed by atoms with Gasteiger partial charge in [0.2, 0.25) is 5.91 Å². The number of allylic oxidation sites excluding steroid dienone is 1. The molecule has 1 aromatic heterocycles. The van der Waals surface area contributed by atoms with Crippen LogP contribution in [0.1, 0.15) is 37.7 Å². The van der Waals surface area contributed by atoms with Gasteiger partial charge >= 0.3 is 0 Å². The Morgan fingerprint density at radius 2 is 1.87 bits per heavy atom. The summed E-state index contributed by atoms with van der Waals surface area (Å²) in [6.45, 7) is 1.58. The number of nitrogens with zero attached hydrogens (tertiary/aromatic N) is 2. The number of nitrogens with one attached hydrogen (secondary N) is 1. The van der Waals surface area contributed by atoms with Crippen molar-refractivity contribution in [3.05, 3.63) is 71.8 Å². The minimum absolute atomic E-state index is 0.0816. The standard InChI is InChI=1S/C25H29N3OS/c29-24(26-17-15-20-9-3-1-4-10-20)19-30-25-27-22-13-7-8-14-23(22)28(25)18-16-21-11-5-2-6-12-21/h2,5-9,11-14H,1,3-4,10,15-19H2,(H,26,29). The minimum Gasteiger partial charge on any atom is -0.355 e. The number of fused-ring (bicyclic) bond motifs is 1. The number of carbonyl (C=O) groups is 1. The van der Waals surface area contributed by atoms with E-state index in [0.29, 0.717) is 5.75 Å². The Bertz CT molecular complexity index is 1010. The zero-order valence-corrected chi connectivity index (χ0v) is 18.2. The van der Waals surface area contributed by atoms with E-state index < -0.39 is 0 Å². The van der Waals surface area contributed by atoms with E-state index in [1.54, 1.807) is 0 Å². The molecule has 3 aromatic rings. The molecule has 0 spiro atoms. The number of hydrogen-bond donors (Lipinski definition) is 1. The Labute approximate surface area is 182 Å². The van der Waals surface area contributed by atoms with Crippen molar-refractivity contribution >= 4 is 28.7 Å². The number of amides is 1. The fourth-order valence-corrected chi connectivity index (χ4v) is 4.81. The molecule has 0 atom stereocenters. The molecule has 5 heteroatoms. The molecule has 1 heterocycles. The minimum atomic E-state index is 0.0816. The van der Waals surface area contributed by atoms with Crippen LogP contribution in [-0.2, 0) is 17.8 Å². The highest BCUT2D eigenvalue weighted by Crippen LogP contribution is 2.25. The SMILES string of the molecule is O=C(CSc1nc2ccccc2n1CCc1ccccc1)NCCC1=CCCCC1. The van der Waals surface area contributed by atoms with Gasteiger partial charge in [-0.1, -0.05) is 65.9 Å². The van der Waals surface area contributed by atoms with Crippen molar-refractivity contribution in [2.45, 2.75) is 50.2 Å². The molecule has 156 valence electrons. The van der Waals surface area contributed by atoms with E-state index in [1.807, 2.05) is 24.3 Å². The van der Waals surface area contributed by atoms with E-state index in [2.05, 4.69) is 46.3 Å². The lowest BCUT2D eigenvalue weighted by Crippen LogP contribution is -2.26. The highest BCUT2D eigenvalue weighted by molar-refractivity contribution is 7.99. The fraction of sp³-hybridized carbons (Fsp3) is 0.360. The van der Waals surface area contributed by atoms with Crippen LogP contribution in [0, 0.1) is 0 Å². The highest BCUT2D eigenvalue weighted by atomic mass is 32.2. The number of benzene rings is 2. The number of aromatic nitrogens is 2. The second-order valence-electron chi connectivity index (χ2n) is 7.77. The van der Waals surface area contributed by atoms with Crippen molar-refractivity contribution < 1.29 is 4.79 Å². The van der Waals surface area contributed by atoms with Gasteiger partial charge in [-0.2, -0.15) is 0 Å². The molecule has 0 radical (unpaired) electrons. The monoisotopic (exact) mass is 419 g/mol. The number of imidazole rings is 1. The maximum atomic E-state index is 12.4. The van der Waals surface area contributed by atoms with Gasteiger partial charge in [-0.3, -0.25) is 4.79 Å². The molecule has 1 amide bonds. The smallest absolute Gasteiger partial charge is 0.230 e. The second-order valence-corrected chi connectivity index (χ2v) is 8.71. The van der Waals surface area contributed by atoms with Crippen LogP contribution in [-0.4, -0.2) is 27.8 Å². The summed E-state index contributed by atoms with van der Waals surface area (Å²) in [6.07, 6.45) is 9.24. The number of para-hydroxylation sites is 2. The summed E-state index contributed by atoms with van der Waals surface area (Å²) in [5.74, 6) is 0.478. The first-order valence-corrected chi connectivity index (χ1v) is 11.8. The summed E-state index contributed by atoms with van der Waals surface area (Å²) in [5.41, 5.74) is 4.91. The van der Waals surface area contributed by atoms with Gasteiger partial charge in [0, 0.05) is 13.1 Å². The molecule has 0 saturated carbocycles. The van der Waals surface area contributed by atoms with Crippen LogP contribution in [0.3, 0.4) is 0 Å². The van der Waals surface area contributed by atoms with E-state index in [9.17, 15) is 4.79 Å². The predicted octanol–water partition coefficient (Wildman–Crippen LogP) is 5.38. The van der Waals surface area contributed by atoms with Gasteiger partial charge in [0.25, 0.3) is 0 Å². The Morgan fingerprint density at radius 3 is 2.70 bits per heavy atom. The van der Waals surface area contributed by atoms with Crippen molar-refractivity contribution in [3.8, 4) is 0 Å². The molecule has 1 N–H and O–H groups in total. The van der Waals surface area contributed by atoms with Gasteiger partial charge in [0.1, 0.15) is 0 Å². The summed E-state index contributed by atoms with van der Waals surface area (Å²) in [5, 5.41) is 3.99. The molecule has 4 rings (SSSR count). The Balaban J connectivity index is 1.35. The topological polar surface area (TPSA) is 46.9 Å². The van der Waals surface area contributed by atoms with Crippen LogP contribution in [0.4, 0.5) is 0 Å². The lowest BCUT2D eigenvalue weighted by Gasteiger charge is -2.13. The van der Waals surface area contributed by atoms with Crippen LogP contribution in [0.25, 0.3) is 11.0 Å². The van der Waals surface area contributed by atoms with Crippen molar-refractivity contribution in [1.29, 1.82) is 0 Å². The van der Waals surface area contributed by atoms with E-state index in [4.69, 9.17) is 4.98 Å². The molecular weight excluding hydrogens is 390 g/mol. The van der Waals surface area contributed by atoms with E-state index in [0.717, 1.165) is 42.1 Å². The van der Waals surface area contributed by atoms with Crippen LogP contribution < -0.4 is 5.32 Å².